The maximum absolute atomic E-state index is 13.7. The second kappa shape index (κ2) is 7.68. The third-order valence-electron chi connectivity index (χ3n) is 4.92. The lowest BCUT2D eigenvalue weighted by molar-refractivity contribution is -0.159. The zero-order valence-corrected chi connectivity index (χ0v) is 14.7. The van der Waals surface area contributed by atoms with Crippen molar-refractivity contribution in [1.29, 1.82) is 0 Å². The van der Waals surface area contributed by atoms with Gasteiger partial charge in [-0.1, -0.05) is 43.2 Å². The van der Waals surface area contributed by atoms with E-state index in [-0.39, 0.29) is 5.82 Å². The number of anilines is 1. The van der Waals surface area contributed by atoms with Gasteiger partial charge in [-0.15, -0.1) is 0 Å². The summed E-state index contributed by atoms with van der Waals surface area (Å²) in [6.07, 6.45) is 2.01. The highest BCUT2D eigenvalue weighted by Crippen LogP contribution is 2.42. The molecule has 5 heteroatoms. The Hall–Kier alpha value is -2.69. The largest absolute Gasteiger partial charge is 0.452 e. The van der Waals surface area contributed by atoms with Crippen LogP contribution in [0.4, 0.5) is 10.1 Å². The van der Waals surface area contributed by atoms with E-state index in [1.54, 1.807) is 31.2 Å². The Bertz CT molecular complexity index is 785. The van der Waals surface area contributed by atoms with Crippen LogP contribution in [0, 0.1) is 5.82 Å². The third-order valence-corrected chi connectivity index (χ3v) is 4.92. The molecular weight excluding hydrogens is 333 g/mol. The fourth-order valence-corrected chi connectivity index (χ4v) is 3.47. The lowest BCUT2D eigenvalue weighted by Gasteiger charge is -2.28. The van der Waals surface area contributed by atoms with Crippen molar-refractivity contribution < 1.29 is 18.7 Å². The summed E-state index contributed by atoms with van der Waals surface area (Å²) < 4.78 is 19.2. The molecule has 1 aliphatic carbocycles. The Morgan fingerprint density at radius 3 is 2.42 bits per heavy atom. The summed E-state index contributed by atoms with van der Waals surface area (Å²) in [7, 11) is 0. The molecule has 4 nitrogen and oxygen atoms in total. The Labute approximate surface area is 152 Å². The van der Waals surface area contributed by atoms with Gasteiger partial charge in [0.2, 0.25) is 0 Å². The highest BCUT2D eigenvalue weighted by Gasteiger charge is 2.45. The summed E-state index contributed by atoms with van der Waals surface area (Å²) in [4.78, 5) is 25.2. The van der Waals surface area contributed by atoms with E-state index in [9.17, 15) is 14.0 Å². The summed E-state index contributed by atoms with van der Waals surface area (Å²) in [5.74, 6) is -1.23. The van der Waals surface area contributed by atoms with Gasteiger partial charge in [-0.05, 0) is 49.6 Å². The van der Waals surface area contributed by atoms with Gasteiger partial charge in [0.15, 0.2) is 6.10 Å². The quantitative estimate of drug-likeness (QED) is 0.818. The number of carbonyl (C=O) groups is 2. The van der Waals surface area contributed by atoms with Crippen LogP contribution in [0.5, 0.6) is 0 Å². The molecule has 0 radical (unpaired) electrons. The van der Waals surface area contributed by atoms with Crippen molar-refractivity contribution in [2.75, 3.05) is 5.32 Å². The number of hydrogen-bond acceptors (Lipinski definition) is 3. The van der Waals surface area contributed by atoms with Crippen LogP contribution >= 0.6 is 0 Å². The molecule has 0 heterocycles. The Morgan fingerprint density at radius 2 is 1.77 bits per heavy atom. The zero-order valence-electron chi connectivity index (χ0n) is 14.7. The molecule has 0 spiro atoms. The van der Waals surface area contributed by atoms with E-state index in [0.29, 0.717) is 24.1 Å². The monoisotopic (exact) mass is 355 g/mol. The lowest BCUT2D eigenvalue weighted by atomic mass is 9.79. The maximum atomic E-state index is 13.7. The second-order valence-corrected chi connectivity index (χ2v) is 6.70. The third kappa shape index (κ3) is 3.77. The van der Waals surface area contributed by atoms with Crippen LogP contribution in [0.25, 0.3) is 0 Å². The molecule has 1 atom stereocenters. The fraction of sp³-hybridized carbons (Fsp3) is 0.333. The van der Waals surface area contributed by atoms with Crippen molar-refractivity contribution in [2.24, 2.45) is 0 Å². The van der Waals surface area contributed by atoms with Gasteiger partial charge in [0.25, 0.3) is 5.91 Å². The van der Waals surface area contributed by atoms with Crippen LogP contribution < -0.4 is 5.32 Å². The average molecular weight is 355 g/mol. The van der Waals surface area contributed by atoms with Gasteiger partial charge in [-0.25, -0.2) is 4.39 Å². The molecule has 1 fully saturated rings. The molecule has 0 unspecified atom stereocenters. The Balaban J connectivity index is 1.73. The number of benzene rings is 2. The average Bonchev–Trinajstić information content (AvgIpc) is 3.13. The highest BCUT2D eigenvalue weighted by molar-refractivity contribution is 5.96. The van der Waals surface area contributed by atoms with Gasteiger partial charge in [0, 0.05) is 5.69 Å². The molecule has 1 amide bonds. The molecule has 1 saturated carbocycles. The van der Waals surface area contributed by atoms with Crippen molar-refractivity contribution in [3.63, 3.8) is 0 Å². The Morgan fingerprint density at radius 1 is 1.08 bits per heavy atom. The topological polar surface area (TPSA) is 55.4 Å². The number of amides is 1. The molecule has 1 N–H and O–H groups in total. The van der Waals surface area contributed by atoms with Crippen molar-refractivity contribution in [3.8, 4) is 0 Å². The van der Waals surface area contributed by atoms with Gasteiger partial charge < -0.3 is 10.1 Å². The molecule has 136 valence electrons. The molecule has 0 saturated heterocycles. The number of para-hydroxylation sites is 1. The molecular formula is C21H22FNO3. The number of nitrogens with one attached hydrogen (secondary N) is 1. The maximum Gasteiger partial charge on any atom is 0.317 e. The molecule has 2 aromatic carbocycles. The first-order chi connectivity index (χ1) is 12.5. The first kappa shape index (κ1) is 18.1. The second-order valence-electron chi connectivity index (χ2n) is 6.70. The first-order valence-electron chi connectivity index (χ1n) is 8.84. The van der Waals surface area contributed by atoms with E-state index in [1.807, 2.05) is 18.2 Å². The summed E-state index contributed by atoms with van der Waals surface area (Å²) in [6, 6.07) is 15.1. The minimum absolute atomic E-state index is 0.378. The van der Waals surface area contributed by atoms with Crippen LogP contribution in [0.1, 0.15) is 38.2 Å². The summed E-state index contributed by atoms with van der Waals surface area (Å²) >= 11 is 0. The number of esters is 1. The normalized spacial score (nSPS) is 16.7. The van der Waals surface area contributed by atoms with Crippen molar-refractivity contribution >= 4 is 17.6 Å². The van der Waals surface area contributed by atoms with Crippen molar-refractivity contribution in [1.82, 2.24) is 0 Å². The first-order valence-corrected chi connectivity index (χ1v) is 8.84. The smallest absolute Gasteiger partial charge is 0.317 e. The molecule has 0 bridgehead atoms. The van der Waals surface area contributed by atoms with Crippen LogP contribution in [-0.2, 0) is 19.7 Å². The summed E-state index contributed by atoms with van der Waals surface area (Å²) in [5, 5.41) is 2.72. The van der Waals surface area contributed by atoms with Gasteiger partial charge in [-0.3, -0.25) is 9.59 Å². The fourth-order valence-electron chi connectivity index (χ4n) is 3.47. The zero-order chi connectivity index (χ0) is 18.6. The Kier molecular flexibility index (Phi) is 5.35. The van der Waals surface area contributed by atoms with E-state index in [4.69, 9.17) is 4.74 Å². The summed E-state index contributed by atoms with van der Waals surface area (Å²) in [5.41, 5.74) is 0.389. The minimum atomic E-state index is -0.936. The number of rotatable bonds is 5. The summed E-state index contributed by atoms with van der Waals surface area (Å²) in [6.45, 7) is 1.55. The lowest BCUT2D eigenvalue weighted by Crippen LogP contribution is -2.40. The number of ether oxygens (including phenoxy) is 1. The standard InChI is InChI=1S/C21H22FNO3/c1-15(19(24)23-18-10-3-2-4-11-18)26-20(25)21(12-5-6-13-21)16-8-7-9-17(22)14-16/h2-4,7-11,14-15H,5-6,12-13H2,1H3,(H,23,24)/t15-/m0/s1. The predicted molar refractivity (Wildman–Crippen MR) is 97.2 cm³/mol. The van der Waals surface area contributed by atoms with Crippen molar-refractivity contribution in [2.45, 2.75) is 44.1 Å². The van der Waals surface area contributed by atoms with Crippen LogP contribution in [-0.4, -0.2) is 18.0 Å². The molecule has 0 aromatic heterocycles. The van der Waals surface area contributed by atoms with Gasteiger partial charge >= 0.3 is 5.97 Å². The van der Waals surface area contributed by atoms with Gasteiger partial charge in [0.1, 0.15) is 5.82 Å². The highest BCUT2D eigenvalue weighted by atomic mass is 19.1. The molecule has 3 rings (SSSR count). The number of hydrogen-bond donors (Lipinski definition) is 1. The van der Waals surface area contributed by atoms with E-state index in [2.05, 4.69) is 5.32 Å². The molecule has 26 heavy (non-hydrogen) atoms. The van der Waals surface area contributed by atoms with Crippen LogP contribution in [0.15, 0.2) is 54.6 Å². The minimum Gasteiger partial charge on any atom is -0.452 e. The predicted octanol–water partition coefficient (Wildman–Crippen LogP) is 4.21. The molecule has 1 aliphatic rings. The molecule has 2 aromatic rings. The number of carbonyl (C=O) groups excluding carboxylic acids is 2. The number of halogens is 1. The van der Waals surface area contributed by atoms with Gasteiger partial charge in [0.05, 0.1) is 5.41 Å². The van der Waals surface area contributed by atoms with Crippen LogP contribution in [0.3, 0.4) is 0 Å². The van der Waals surface area contributed by atoms with Gasteiger partial charge in [-0.2, -0.15) is 0 Å². The SMILES string of the molecule is C[C@H](OC(=O)C1(c2cccc(F)c2)CCCC1)C(=O)Nc1ccccc1. The van der Waals surface area contributed by atoms with E-state index in [0.717, 1.165) is 12.8 Å². The van der Waals surface area contributed by atoms with E-state index < -0.39 is 23.4 Å². The van der Waals surface area contributed by atoms with E-state index in [1.165, 1.54) is 12.1 Å². The van der Waals surface area contributed by atoms with E-state index >= 15 is 0 Å². The van der Waals surface area contributed by atoms with Crippen molar-refractivity contribution in [3.05, 3.63) is 66.0 Å². The van der Waals surface area contributed by atoms with Crippen LogP contribution in [0.2, 0.25) is 0 Å². The molecule has 0 aliphatic heterocycles.